The third kappa shape index (κ3) is 5.78. The second-order valence-corrected chi connectivity index (χ2v) is 13.9. The minimum Gasteiger partial charge on any atom is -0.462 e. The number of hydrogen-bond donors (Lipinski definition) is 0. The molecule has 1 spiro atoms. The summed E-state index contributed by atoms with van der Waals surface area (Å²) in [5.41, 5.74) is 3.79. The number of hydrogen-bond acceptors (Lipinski definition) is 7. The van der Waals surface area contributed by atoms with Crippen LogP contribution >= 0.6 is 11.6 Å². The highest BCUT2D eigenvalue weighted by Gasteiger charge is 2.49. The number of carbonyl (C=O) groups excluding carboxylic acids is 1. The van der Waals surface area contributed by atoms with Crippen LogP contribution in [0.4, 0.5) is 11.5 Å². The van der Waals surface area contributed by atoms with E-state index in [2.05, 4.69) is 57.4 Å². The number of anilines is 2. The molecular formula is C36H42ClN7O2. The predicted octanol–water partition coefficient (Wildman–Crippen LogP) is 5.61. The number of fused-ring (bicyclic) bond motifs is 2. The van der Waals surface area contributed by atoms with Crippen LogP contribution in [0.2, 0.25) is 5.02 Å². The molecule has 0 bridgehead atoms. The molecular weight excluding hydrogens is 598 g/mol. The predicted molar refractivity (Wildman–Crippen MR) is 183 cm³/mol. The molecule has 240 valence electrons. The minimum atomic E-state index is -0.236. The van der Waals surface area contributed by atoms with Gasteiger partial charge in [-0.25, -0.2) is 6.57 Å². The molecule has 1 amide bonds. The molecule has 1 aromatic heterocycles. The fourth-order valence-electron chi connectivity index (χ4n) is 7.98. The van der Waals surface area contributed by atoms with Gasteiger partial charge in [-0.05, 0) is 68.2 Å². The van der Waals surface area contributed by atoms with Gasteiger partial charge >= 0.3 is 6.01 Å². The van der Waals surface area contributed by atoms with Crippen molar-refractivity contribution < 1.29 is 9.53 Å². The average molecular weight is 640 g/mol. The van der Waals surface area contributed by atoms with Crippen molar-refractivity contribution in [3.63, 3.8) is 0 Å². The molecule has 9 nitrogen and oxygen atoms in total. The first-order valence-electron chi connectivity index (χ1n) is 16.5. The van der Waals surface area contributed by atoms with E-state index in [-0.39, 0.29) is 18.5 Å². The van der Waals surface area contributed by atoms with E-state index in [9.17, 15) is 4.79 Å². The zero-order chi connectivity index (χ0) is 31.8. The van der Waals surface area contributed by atoms with Gasteiger partial charge in [-0.2, -0.15) is 9.97 Å². The van der Waals surface area contributed by atoms with Crippen LogP contribution < -0.4 is 14.5 Å². The molecule has 1 saturated heterocycles. The van der Waals surface area contributed by atoms with Crippen molar-refractivity contribution >= 4 is 39.8 Å². The molecule has 3 heterocycles. The summed E-state index contributed by atoms with van der Waals surface area (Å²) in [5.74, 6) is 0.723. The number of ether oxygens (including phenoxy) is 1. The van der Waals surface area contributed by atoms with E-state index in [1.54, 1.807) is 4.90 Å². The highest BCUT2D eigenvalue weighted by molar-refractivity contribution is 6.36. The highest BCUT2D eigenvalue weighted by Crippen LogP contribution is 2.57. The fourth-order valence-corrected chi connectivity index (χ4v) is 8.26. The van der Waals surface area contributed by atoms with Crippen molar-refractivity contribution in [2.24, 2.45) is 5.41 Å². The number of likely N-dealkylation sites (N-methyl/N-ethyl adjacent to an activating group) is 1. The Morgan fingerprint density at radius 3 is 2.72 bits per heavy atom. The summed E-state index contributed by atoms with van der Waals surface area (Å²) in [5, 5.41) is 2.90. The monoisotopic (exact) mass is 639 g/mol. The molecule has 0 N–H and O–H groups in total. The normalized spacial score (nSPS) is 20.7. The van der Waals surface area contributed by atoms with Crippen LogP contribution in [0.25, 0.3) is 15.6 Å². The Morgan fingerprint density at radius 1 is 1.17 bits per heavy atom. The average Bonchev–Trinajstić information content (AvgIpc) is 3.02. The summed E-state index contributed by atoms with van der Waals surface area (Å²) >= 11 is 6.73. The molecule has 2 aliphatic heterocycles. The first-order chi connectivity index (χ1) is 22.4. The molecule has 2 aromatic carbocycles. The van der Waals surface area contributed by atoms with E-state index in [0.29, 0.717) is 50.3 Å². The second-order valence-electron chi connectivity index (χ2n) is 13.5. The van der Waals surface area contributed by atoms with Crippen molar-refractivity contribution in [1.82, 2.24) is 19.8 Å². The maximum absolute atomic E-state index is 12.6. The molecule has 0 radical (unpaired) electrons. The van der Waals surface area contributed by atoms with Crippen molar-refractivity contribution in [1.29, 1.82) is 0 Å². The Labute approximate surface area is 276 Å². The molecule has 3 fully saturated rings. The van der Waals surface area contributed by atoms with E-state index in [1.165, 1.54) is 38.2 Å². The molecule has 4 aliphatic rings. The lowest BCUT2D eigenvalue weighted by atomic mass is 9.54. The Morgan fingerprint density at radius 2 is 1.98 bits per heavy atom. The molecule has 10 heteroatoms. The molecule has 7 rings (SSSR count). The number of aromatic nitrogens is 2. The lowest BCUT2D eigenvalue weighted by Crippen LogP contribution is -2.56. The number of nitrogens with zero attached hydrogens (tertiary/aromatic N) is 7. The molecule has 2 aliphatic carbocycles. The van der Waals surface area contributed by atoms with Gasteiger partial charge in [0, 0.05) is 55.4 Å². The van der Waals surface area contributed by atoms with Crippen LogP contribution in [-0.4, -0.2) is 90.7 Å². The Kier molecular flexibility index (Phi) is 8.51. The van der Waals surface area contributed by atoms with E-state index in [1.807, 2.05) is 12.1 Å². The second kappa shape index (κ2) is 12.7. The van der Waals surface area contributed by atoms with Gasteiger partial charge in [0.2, 0.25) is 12.5 Å². The first-order valence-corrected chi connectivity index (χ1v) is 16.9. The molecule has 1 atom stereocenters. The largest absolute Gasteiger partial charge is 0.462 e. The van der Waals surface area contributed by atoms with Gasteiger partial charge in [-0.15, -0.1) is 0 Å². The molecule has 3 aromatic rings. The summed E-state index contributed by atoms with van der Waals surface area (Å²) in [4.78, 5) is 35.0. The molecule has 0 unspecified atom stereocenters. The Bertz CT molecular complexity index is 1670. The summed E-state index contributed by atoms with van der Waals surface area (Å²) in [6.07, 6.45) is 8.90. The van der Waals surface area contributed by atoms with Gasteiger partial charge in [-0.3, -0.25) is 9.69 Å². The van der Waals surface area contributed by atoms with Crippen LogP contribution in [-0.2, 0) is 17.8 Å². The SMILES string of the molecule is [C-]#[N+]C[C@H]1CN(c2nc(OCCN(C)C3CC4(CCC4)C3)nc3c2CCN(c2cccc4cccc(Cl)c24)C3)CCN1C(=O)C=C. The fraction of sp³-hybridized carbons (Fsp3) is 0.500. The summed E-state index contributed by atoms with van der Waals surface area (Å²) in [6, 6.07) is 13.1. The van der Waals surface area contributed by atoms with Crippen molar-refractivity contribution in [2.45, 2.75) is 57.2 Å². The standard InChI is InChI=1S/C36H42ClN7O2/c1-4-32(45)44-17-16-43(23-27(44)22-38-2)34-28-12-15-42(31-11-6-9-25-8-5-10-29(37)33(25)31)24-30(28)39-35(40-34)46-19-18-41(3)26-20-36(21-26)13-7-14-36/h4-6,8-11,26-27H,1,7,12-24H2,3H3/t27-/m0/s1. The van der Waals surface area contributed by atoms with Crippen molar-refractivity contribution in [3.8, 4) is 6.01 Å². The number of rotatable bonds is 9. The van der Waals surface area contributed by atoms with Gasteiger partial charge in [-0.1, -0.05) is 48.9 Å². The van der Waals surface area contributed by atoms with E-state index in [0.717, 1.165) is 58.1 Å². The van der Waals surface area contributed by atoms with Gasteiger partial charge in [0.05, 0.1) is 17.3 Å². The van der Waals surface area contributed by atoms with Crippen molar-refractivity contribution in [2.75, 3.05) is 62.7 Å². The Balaban J connectivity index is 1.15. The third-order valence-electron chi connectivity index (χ3n) is 10.8. The lowest BCUT2D eigenvalue weighted by Gasteiger charge is -2.56. The number of benzene rings is 2. The number of amides is 1. The van der Waals surface area contributed by atoms with Crippen LogP contribution in [0.1, 0.15) is 43.4 Å². The highest BCUT2D eigenvalue weighted by atomic mass is 35.5. The maximum Gasteiger partial charge on any atom is 0.318 e. The minimum absolute atomic E-state index is 0.134. The molecule has 2 saturated carbocycles. The van der Waals surface area contributed by atoms with Gasteiger partial charge in [0.25, 0.3) is 0 Å². The van der Waals surface area contributed by atoms with Gasteiger partial charge < -0.3 is 24.3 Å². The third-order valence-corrected chi connectivity index (χ3v) is 11.1. The quantitative estimate of drug-likeness (QED) is 0.223. The molecule has 46 heavy (non-hydrogen) atoms. The number of carbonyl (C=O) groups is 1. The van der Waals surface area contributed by atoms with Gasteiger partial charge in [0.15, 0.2) is 0 Å². The first kappa shape index (κ1) is 30.8. The maximum atomic E-state index is 12.6. The van der Waals surface area contributed by atoms with Crippen molar-refractivity contribution in [3.05, 3.63) is 76.8 Å². The Hall–Kier alpha value is -3.87. The smallest absolute Gasteiger partial charge is 0.318 e. The van der Waals surface area contributed by atoms with Crippen LogP contribution in [0.3, 0.4) is 0 Å². The summed E-state index contributed by atoms with van der Waals surface area (Å²) in [6.45, 7) is 15.8. The van der Waals surface area contributed by atoms with Crippen LogP contribution in [0.5, 0.6) is 6.01 Å². The lowest BCUT2D eigenvalue weighted by molar-refractivity contribution is -0.128. The zero-order valence-corrected chi connectivity index (χ0v) is 27.4. The summed E-state index contributed by atoms with van der Waals surface area (Å²) in [7, 11) is 2.20. The topological polar surface area (TPSA) is 69.4 Å². The van der Waals surface area contributed by atoms with E-state index >= 15 is 0 Å². The number of piperazine rings is 1. The summed E-state index contributed by atoms with van der Waals surface area (Å²) < 4.78 is 6.31. The van der Waals surface area contributed by atoms with E-state index in [4.69, 9.17) is 32.9 Å². The zero-order valence-electron chi connectivity index (χ0n) is 26.6. The van der Waals surface area contributed by atoms with E-state index < -0.39 is 0 Å². The van der Waals surface area contributed by atoms with Crippen LogP contribution in [0.15, 0.2) is 49.1 Å². The van der Waals surface area contributed by atoms with Gasteiger partial charge in [0.1, 0.15) is 18.5 Å². The van der Waals surface area contributed by atoms with Crippen LogP contribution in [0, 0.1) is 12.0 Å². The number of halogens is 1.